The lowest BCUT2D eigenvalue weighted by molar-refractivity contribution is 0.0935. The summed E-state index contributed by atoms with van der Waals surface area (Å²) in [5.41, 5.74) is 8.48. The zero-order valence-electron chi connectivity index (χ0n) is 14.6. The molecule has 0 aliphatic rings. The van der Waals surface area contributed by atoms with E-state index in [-0.39, 0.29) is 29.8 Å². The molecular weight excluding hydrogens is 342 g/mol. The highest BCUT2D eigenvalue weighted by Crippen LogP contribution is 2.24. The van der Waals surface area contributed by atoms with E-state index < -0.39 is 0 Å². The molecule has 0 spiro atoms. The van der Waals surface area contributed by atoms with Gasteiger partial charge < -0.3 is 11.1 Å². The monoisotopic (exact) mass is 367 g/mol. The molecule has 0 saturated carbocycles. The molecule has 0 aliphatic heterocycles. The van der Waals surface area contributed by atoms with Crippen LogP contribution in [0.5, 0.6) is 0 Å². The van der Waals surface area contributed by atoms with Gasteiger partial charge in [0, 0.05) is 11.8 Å². The molecule has 0 bridgehead atoms. The molecule has 132 valence electrons. The average Bonchev–Trinajstić information content (AvgIpc) is 2.95. The van der Waals surface area contributed by atoms with Crippen molar-refractivity contribution in [3.8, 4) is 0 Å². The number of nitrogens with zero attached hydrogens (tertiary/aromatic N) is 1. The van der Waals surface area contributed by atoms with Gasteiger partial charge in [-0.2, -0.15) is 0 Å². The number of nitrogens with two attached hydrogens (primary N) is 1. The Hall–Kier alpha value is -1.43. The van der Waals surface area contributed by atoms with Crippen LogP contribution < -0.4 is 11.1 Å². The predicted octanol–water partition coefficient (Wildman–Crippen LogP) is 3.85. The van der Waals surface area contributed by atoms with E-state index in [1.54, 1.807) is 5.38 Å². The highest BCUT2D eigenvalue weighted by atomic mass is 35.5. The quantitative estimate of drug-likeness (QED) is 0.843. The van der Waals surface area contributed by atoms with Gasteiger partial charge in [0.15, 0.2) is 0 Å². The highest BCUT2D eigenvalue weighted by molar-refractivity contribution is 7.09. The molecular formula is C18H26ClN3OS. The van der Waals surface area contributed by atoms with Crippen LogP contribution in [0.4, 0.5) is 0 Å². The highest BCUT2D eigenvalue weighted by Gasteiger charge is 2.16. The predicted molar refractivity (Wildman–Crippen MR) is 103 cm³/mol. The first kappa shape index (κ1) is 20.6. The lowest BCUT2D eigenvalue weighted by atomic mass is 9.86. The number of aromatic nitrogens is 1. The van der Waals surface area contributed by atoms with Gasteiger partial charge in [-0.05, 0) is 30.0 Å². The normalized spacial score (nSPS) is 12.4. The maximum Gasteiger partial charge on any atom is 0.271 e. The second-order valence-corrected chi connectivity index (χ2v) is 7.67. The smallest absolute Gasteiger partial charge is 0.271 e. The van der Waals surface area contributed by atoms with Crippen LogP contribution in [0.3, 0.4) is 0 Å². The Labute approximate surface area is 154 Å². The summed E-state index contributed by atoms with van der Waals surface area (Å²) in [4.78, 5) is 16.6. The number of carbonyl (C=O) groups is 1. The molecule has 1 amide bonds. The molecule has 0 aliphatic carbocycles. The van der Waals surface area contributed by atoms with E-state index in [4.69, 9.17) is 5.73 Å². The molecule has 1 aromatic carbocycles. The van der Waals surface area contributed by atoms with Crippen molar-refractivity contribution in [1.29, 1.82) is 0 Å². The lowest BCUT2D eigenvalue weighted by Gasteiger charge is -2.20. The first-order valence-electron chi connectivity index (χ1n) is 7.87. The number of hydrogen-bond donors (Lipinski definition) is 2. The van der Waals surface area contributed by atoms with Gasteiger partial charge >= 0.3 is 0 Å². The van der Waals surface area contributed by atoms with Crippen LogP contribution in [-0.2, 0) is 11.8 Å². The van der Waals surface area contributed by atoms with E-state index in [0.717, 1.165) is 10.6 Å². The summed E-state index contributed by atoms with van der Waals surface area (Å²) in [6, 6.07) is 8.34. The summed E-state index contributed by atoms with van der Waals surface area (Å²) in [6.07, 6.45) is 0.710. The molecule has 4 nitrogen and oxygen atoms in total. The summed E-state index contributed by atoms with van der Waals surface area (Å²) >= 11 is 1.48. The van der Waals surface area contributed by atoms with Crippen LogP contribution in [-0.4, -0.2) is 17.4 Å². The van der Waals surface area contributed by atoms with Crippen molar-refractivity contribution in [3.05, 3.63) is 51.5 Å². The molecule has 2 rings (SSSR count). The van der Waals surface area contributed by atoms with Crippen molar-refractivity contribution in [3.63, 3.8) is 0 Å². The first-order valence-corrected chi connectivity index (χ1v) is 8.75. The van der Waals surface area contributed by atoms with Gasteiger partial charge in [0.05, 0.1) is 11.0 Å². The zero-order chi connectivity index (χ0) is 17.0. The Morgan fingerprint density at radius 2 is 1.92 bits per heavy atom. The SMILES string of the molecule is CC(NC(=O)c1csc(CCN)n1)c1ccc(C(C)(C)C)cc1.Cl. The van der Waals surface area contributed by atoms with Crippen LogP contribution >= 0.6 is 23.7 Å². The number of halogens is 1. The van der Waals surface area contributed by atoms with Crippen LogP contribution in [0, 0.1) is 0 Å². The van der Waals surface area contributed by atoms with Crippen molar-refractivity contribution in [2.45, 2.75) is 45.6 Å². The maximum atomic E-state index is 12.3. The fourth-order valence-corrected chi connectivity index (χ4v) is 3.07. The Kier molecular flexibility index (Phi) is 7.39. The number of carbonyl (C=O) groups excluding carboxylic acids is 1. The van der Waals surface area contributed by atoms with Gasteiger partial charge in [0.25, 0.3) is 5.91 Å². The summed E-state index contributed by atoms with van der Waals surface area (Å²) in [5, 5.41) is 5.69. The van der Waals surface area contributed by atoms with Gasteiger partial charge in [0.1, 0.15) is 5.69 Å². The fourth-order valence-electron chi connectivity index (χ4n) is 2.28. The third kappa shape index (κ3) is 5.30. The summed E-state index contributed by atoms with van der Waals surface area (Å²) in [7, 11) is 0. The minimum Gasteiger partial charge on any atom is -0.344 e. The van der Waals surface area contributed by atoms with E-state index in [9.17, 15) is 4.79 Å². The van der Waals surface area contributed by atoms with E-state index in [1.165, 1.54) is 16.9 Å². The topological polar surface area (TPSA) is 68.0 Å². The largest absolute Gasteiger partial charge is 0.344 e. The third-order valence-corrected chi connectivity index (χ3v) is 4.68. The molecule has 2 aromatic rings. The van der Waals surface area contributed by atoms with Crippen LogP contribution in [0.1, 0.15) is 60.4 Å². The molecule has 1 heterocycles. The maximum absolute atomic E-state index is 12.3. The Morgan fingerprint density at radius 3 is 2.46 bits per heavy atom. The van der Waals surface area contributed by atoms with Crippen molar-refractivity contribution in [1.82, 2.24) is 10.3 Å². The second-order valence-electron chi connectivity index (χ2n) is 6.73. The molecule has 24 heavy (non-hydrogen) atoms. The Bertz CT molecular complexity index is 662. The lowest BCUT2D eigenvalue weighted by Crippen LogP contribution is -2.27. The van der Waals surface area contributed by atoms with Gasteiger partial charge in [-0.15, -0.1) is 23.7 Å². The van der Waals surface area contributed by atoms with Crippen molar-refractivity contribution < 1.29 is 4.79 Å². The number of benzene rings is 1. The van der Waals surface area contributed by atoms with E-state index in [1.807, 2.05) is 6.92 Å². The minimum atomic E-state index is -0.142. The van der Waals surface area contributed by atoms with Gasteiger partial charge in [-0.3, -0.25) is 4.79 Å². The van der Waals surface area contributed by atoms with Crippen LogP contribution in [0.2, 0.25) is 0 Å². The van der Waals surface area contributed by atoms with E-state index in [2.05, 4.69) is 55.3 Å². The standard InChI is InChI=1S/C18H25N3OS.ClH/c1-12(13-5-7-14(8-6-13)18(2,3)4)20-17(22)15-11-23-16(21-15)9-10-19;/h5-8,11-12H,9-10,19H2,1-4H3,(H,20,22);1H. The molecule has 3 N–H and O–H groups in total. The molecule has 0 fully saturated rings. The van der Waals surface area contributed by atoms with E-state index >= 15 is 0 Å². The molecule has 6 heteroatoms. The van der Waals surface area contributed by atoms with Gasteiger partial charge in [0.2, 0.25) is 0 Å². The number of rotatable bonds is 5. The van der Waals surface area contributed by atoms with Crippen molar-refractivity contribution in [2.75, 3.05) is 6.54 Å². The fraction of sp³-hybridized carbons (Fsp3) is 0.444. The number of thiazole rings is 1. The number of nitrogens with one attached hydrogen (secondary N) is 1. The van der Waals surface area contributed by atoms with Gasteiger partial charge in [-0.1, -0.05) is 45.0 Å². The summed E-state index contributed by atoms with van der Waals surface area (Å²) in [5.74, 6) is -0.142. The average molecular weight is 368 g/mol. The molecule has 0 radical (unpaired) electrons. The molecule has 1 aromatic heterocycles. The summed E-state index contributed by atoms with van der Waals surface area (Å²) in [6.45, 7) is 9.10. The van der Waals surface area contributed by atoms with E-state index in [0.29, 0.717) is 18.7 Å². The van der Waals surface area contributed by atoms with Crippen molar-refractivity contribution in [2.24, 2.45) is 5.73 Å². The Balaban J connectivity index is 0.00000288. The minimum absolute atomic E-state index is 0. The Morgan fingerprint density at radius 1 is 1.29 bits per heavy atom. The van der Waals surface area contributed by atoms with Crippen LogP contribution in [0.15, 0.2) is 29.6 Å². The molecule has 1 unspecified atom stereocenters. The van der Waals surface area contributed by atoms with Crippen molar-refractivity contribution >= 4 is 29.7 Å². The number of hydrogen-bond acceptors (Lipinski definition) is 4. The first-order chi connectivity index (χ1) is 10.8. The molecule has 1 atom stereocenters. The summed E-state index contributed by atoms with van der Waals surface area (Å²) < 4.78 is 0. The molecule has 0 saturated heterocycles. The third-order valence-electron chi connectivity index (χ3n) is 3.77. The number of amides is 1. The second kappa shape index (κ2) is 8.60. The zero-order valence-corrected chi connectivity index (χ0v) is 16.3. The van der Waals surface area contributed by atoms with Crippen LogP contribution in [0.25, 0.3) is 0 Å². The van der Waals surface area contributed by atoms with Gasteiger partial charge in [-0.25, -0.2) is 4.98 Å².